The summed E-state index contributed by atoms with van der Waals surface area (Å²) < 4.78 is 106. The average Bonchev–Trinajstić information content (AvgIpc) is 4.25. The molecule has 0 saturated heterocycles. The normalized spacial score (nSPS) is 13.9. The van der Waals surface area contributed by atoms with Crippen LogP contribution < -0.4 is 81.2 Å². The van der Waals surface area contributed by atoms with Crippen LogP contribution in [0, 0.1) is 11.8 Å². The molecule has 4 aliphatic carbocycles. The van der Waals surface area contributed by atoms with Crippen LogP contribution in [-0.4, -0.2) is 22.3 Å². The first-order valence-corrected chi connectivity index (χ1v) is 28.7. The number of aromatic nitrogens is 4. The molecule has 0 atom stereocenters. The Morgan fingerprint density at radius 3 is 0.778 bits per heavy atom. The summed E-state index contributed by atoms with van der Waals surface area (Å²) in [6, 6.07) is 17.6. The fraction of sp³-hybridized carbons (Fsp3) is 0.655. The summed E-state index contributed by atoms with van der Waals surface area (Å²) in [6.07, 6.45) is 64.2. The molecule has 4 saturated carbocycles. The van der Waals surface area contributed by atoms with Gasteiger partial charge >= 0.3 is 51.9 Å². The Labute approximate surface area is 541 Å². The monoisotopic (exact) mass is 1370 g/mol. The first-order chi connectivity index (χ1) is 36.1. The van der Waals surface area contributed by atoms with Gasteiger partial charge in [0.15, 0.2) is 49.6 Å². The van der Waals surface area contributed by atoms with Crippen molar-refractivity contribution in [3.8, 4) is 22.3 Å². The second kappa shape index (κ2) is 57.8. The van der Waals surface area contributed by atoms with Gasteiger partial charge in [0.1, 0.15) is 27.2 Å². The minimum Gasteiger partial charge on any atom is -1.00 e. The maximum absolute atomic E-state index is 9.75. The van der Waals surface area contributed by atoms with E-state index in [-0.39, 0.29) is 97.1 Å². The van der Waals surface area contributed by atoms with Crippen molar-refractivity contribution in [3.05, 3.63) is 98.1 Å². The number of hydrogen-bond donors (Lipinski definition) is 0. The molecule has 81 heavy (non-hydrogen) atoms. The third-order valence-electron chi connectivity index (χ3n) is 14.4. The molecule has 0 aliphatic heterocycles. The van der Waals surface area contributed by atoms with E-state index < -0.39 is 22.3 Å². The van der Waals surface area contributed by atoms with Crippen LogP contribution in [0.25, 0.3) is 22.3 Å². The van der Waals surface area contributed by atoms with Crippen LogP contribution in [0.5, 0.6) is 0 Å². The molecule has 0 amide bonds. The van der Waals surface area contributed by atoms with E-state index in [1.54, 1.807) is 0 Å². The predicted molar refractivity (Wildman–Crippen MR) is 290 cm³/mol. The molecular weight excluding hydrogens is 1270 g/mol. The fourth-order valence-corrected chi connectivity index (χ4v) is 10.2. The summed E-state index contributed by atoms with van der Waals surface area (Å²) >= 11 is 0. The zero-order chi connectivity index (χ0) is 54.8. The van der Waals surface area contributed by atoms with Gasteiger partial charge in [0.2, 0.25) is 0 Å². The van der Waals surface area contributed by atoms with Gasteiger partial charge in [0.25, 0.3) is 0 Å². The molecule has 0 unspecified atom stereocenters. The molecule has 0 spiro atoms. The summed E-state index contributed by atoms with van der Waals surface area (Å²) in [4.78, 5) is 0. The van der Waals surface area contributed by atoms with Gasteiger partial charge in [-0.3, -0.25) is 25.9 Å². The minimum atomic E-state index is -6.00. The minimum absolute atomic E-state index is 0. The zero-order valence-corrected chi connectivity index (χ0v) is 54.9. The van der Waals surface area contributed by atoms with Gasteiger partial charge in [-0.15, -0.1) is 0 Å². The van der Waals surface area contributed by atoms with E-state index in [2.05, 4.69) is 130 Å². The first kappa shape index (κ1) is 88.5. The summed E-state index contributed by atoms with van der Waals surface area (Å²) in [5.41, 5.74) is 5.16. The van der Waals surface area contributed by atoms with Crippen LogP contribution in [0.1, 0.15) is 205 Å². The number of halogens is 13. The van der Waals surface area contributed by atoms with Crippen molar-refractivity contribution in [2.24, 2.45) is 25.9 Å². The molecule has 0 radical (unpaired) electrons. The number of rotatable bonds is 20. The molecule has 4 heterocycles. The second-order valence-corrected chi connectivity index (χ2v) is 20.8. The van der Waals surface area contributed by atoms with E-state index in [1.165, 1.54) is 228 Å². The Hall–Kier alpha value is -1.28. The molecule has 0 N–H and O–H groups in total. The van der Waals surface area contributed by atoms with Crippen LogP contribution in [0.4, 0.5) is 43.2 Å². The molecule has 4 aromatic rings. The summed E-state index contributed by atoms with van der Waals surface area (Å²) in [5, 5.41) is 0. The Bertz CT molecular complexity index is 1770. The Morgan fingerprint density at radius 1 is 0.370 bits per heavy atom. The third-order valence-corrected chi connectivity index (χ3v) is 14.4. The summed E-state index contributed by atoms with van der Waals surface area (Å²) in [6.45, 7) is 2.29. The van der Waals surface area contributed by atoms with E-state index in [0.29, 0.717) is 0 Å². The largest absolute Gasteiger partial charge is 1.00 e. The fourth-order valence-electron chi connectivity index (χ4n) is 10.2. The van der Waals surface area contributed by atoms with Crippen LogP contribution in [-0.2, 0) is 61.3 Å². The van der Waals surface area contributed by atoms with Crippen molar-refractivity contribution in [1.82, 2.24) is 0 Å². The van der Waals surface area contributed by atoms with Gasteiger partial charge in [-0.2, -0.15) is 0 Å². The van der Waals surface area contributed by atoms with E-state index in [0.717, 1.165) is 24.9 Å². The number of unbranched alkanes of at least 4 members (excludes halogenated alkanes) is 10. The Kier molecular flexibility index (Phi) is 63.1. The van der Waals surface area contributed by atoms with Gasteiger partial charge in [-0.1, -0.05) is 180 Å². The van der Waals surface area contributed by atoms with Crippen LogP contribution in [0.2, 0.25) is 0 Å². The van der Waals surface area contributed by atoms with Crippen molar-refractivity contribution in [3.63, 3.8) is 0 Å². The molecule has 4 nitrogen and oxygen atoms in total. The van der Waals surface area contributed by atoms with Gasteiger partial charge in [-0.05, 0) is 46.9 Å². The summed E-state index contributed by atoms with van der Waals surface area (Å²) in [7, 11) is -9.23. The van der Waals surface area contributed by atoms with E-state index >= 15 is 0 Å². The molecule has 23 heteroatoms. The van der Waals surface area contributed by atoms with Crippen LogP contribution in [0.3, 0.4) is 0 Å². The van der Waals surface area contributed by atoms with E-state index in [4.69, 9.17) is 0 Å². The van der Waals surface area contributed by atoms with E-state index in [1.807, 2.05) is 0 Å². The van der Waals surface area contributed by atoms with Gasteiger partial charge in [0.05, 0.1) is 0 Å². The van der Waals surface area contributed by atoms with Crippen molar-refractivity contribution < 1.29 is 159 Å². The van der Waals surface area contributed by atoms with Crippen molar-refractivity contribution in [1.29, 1.82) is 0 Å². The smallest absolute Gasteiger partial charge is 1.00 e. The molecular formula is C58H92B3F12Fe2IN4Na+. The third kappa shape index (κ3) is 53.9. The maximum Gasteiger partial charge on any atom is 1.00 e. The first-order valence-electron chi connectivity index (χ1n) is 28.7. The van der Waals surface area contributed by atoms with Crippen LogP contribution >= 0.6 is 0 Å². The predicted octanol–water partition coefficient (Wildman–Crippen LogP) is 5.74. The van der Waals surface area contributed by atoms with Gasteiger partial charge in [-0.25, -0.2) is 18.3 Å². The topological polar surface area (TPSA) is 15.5 Å². The SMILES string of the molecule is C1CCCC1.C1CCCC1.C[n+]1ccc(-c2cc[n+](CCCCCCCCC3CCCC3)cc2)cc1.C[n+]1ccc(-c2cc[n+](CCCCCCCCC3CCCC3)cc2)cc1.FB(F)F.FB(F)F.F[B-](F)(F)F.[F-].[F-].[Fe].[Fe].[I-].[Na+]. The number of hydrogen-bond acceptors (Lipinski definition) is 0. The zero-order valence-electron chi connectivity index (χ0n) is 48.6. The molecule has 4 aliphatic rings. The maximum atomic E-state index is 9.75. The molecule has 460 valence electrons. The number of nitrogens with zero attached hydrogens (tertiary/aromatic N) is 4. The molecule has 4 aromatic heterocycles. The van der Waals surface area contributed by atoms with Crippen molar-refractivity contribution in [2.45, 2.75) is 219 Å². The Morgan fingerprint density at radius 2 is 0.556 bits per heavy atom. The van der Waals surface area contributed by atoms with Gasteiger partial charge < -0.3 is 50.6 Å². The van der Waals surface area contributed by atoms with Crippen molar-refractivity contribution in [2.75, 3.05) is 0 Å². The quantitative estimate of drug-likeness (QED) is 0.0353. The average molecular weight is 1370 g/mol. The van der Waals surface area contributed by atoms with E-state index in [9.17, 15) is 43.2 Å². The molecule has 0 aromatic carbocycles. The van der Waals surface area contributed by atoms with Crippen molar-refractivity contribution >= 4 is 22.3 Å². The number of aryl methyl sites for hydroxylation is 4. The second-order valence-electron chi connectivity index (χ2n) is 20.8. The molecule has 4 fully saturated rings. The molecule has 0 bridgehead atoms. The van der Waals surface area contributed by atoms with Gasteiger partial charge in [0, 0.05) is 95.5 Å². The molecule has 8 rings (SSSR count). The number of pyridine rings is 4. The summed E-state index contributed by atoms with van der Waals surface area (Å²) in [5.74, 6) is 2.15. The standard InChI is InChI=1S/2C24H36N2.2C5H10.BF4.2BF3.2FH.2Fe.HI.Na/c2*1-25-18-13-23(14-19-25)24-15-20-26(21-16-24)17-9-5-3-2-4-6-10-22-11-7-8-12-22;2*1-2-4-5-3-1;2-1(3,4)5;2*2-1(3)4;;;;;;/h2*13-16,18-22H,2-12,17H2,1H3;2*1-5H2;;;;2*1H;;;1H;/q2*+2;;;-1;;;;;;;;+1/p-3. The Balaban J connectivity index is -0.000000324. The van der Waals surface area contributed by atoms with Crippen LogP contribution in [0.15, 0.2) is 98.1 Å².